The zero-order valence-electron chi connectivity index (χ0n) is 28.2. The normalized spacial score (nSPS) is 12.0. The third-order valence-corrected chi connectivity index (χ3v) is 9.23. The number of aromatic nitrogens is 3. The van der Waals surface area contributed by atoms with Crippen LogP contribution in [0.15, 0.2) is 165 Å². The highest BCUT2D eigenvalue weighted by Crippen LogP contribution is 2.45. The van der Waals surface area contributed by atoms with Gasteiger partial charge in [0.1, 0.15) is 17.5 Å². The average Bonchev–Trinajstić information content (AvgIpc) is 3.59. The van der Waals surface area contributed by atoms with Gasteiger partial charge in [-0.25, -0.2) is 9.97 Å². The van der Waals surface area contributed by atoms with E-state index in [1.807, 2.05) is 48.7 Å². The van der Waals surface area contributed by atoms with Gasteiger partial charge < -0.3 is 20.3 Å². The third kappa shape index (κ3) is 5.97. The molecule has 2 heterocycles. The topological polar surface area (TPSA) is 77.1 Å². The Hall–Kier alpha value is -6.24. The van der Waals surface area contributed by atoms with Crippen molar-refractivity contribution in [1.82, 2.24) is 15.0 Å². The van der Waals surface area contributed by atoms with Crippen molar-refractivity contribution in [2.45, 2.75) is 18.7 Å². The molecule has 0 aliphatic carbocycles. The van der Waals surface area contributed by atoms with Crippen LogP contribution in [0.25, 0.3) is 27.7 Å². The maximum Gasteiger partial charge on any atom is 0.156 e. The van der Waals surface area contributed by atoms with Crippen LogP contribution in [0.3, 0.4) is 0 Å². The maximum absolute atomic E-state index is 10.2. The summed E-state index contributed by atoms with van der Waals surface area (Å²) in [6, 6.07) is 47.9. The molecule has 6 heteroatoms. The first kappa shape index (κ1) is 32.3. The Morgan fingerprint density at radius 1 is 0.820 bits per heavy atom. The molecule has 0 aliphatic heterocycles. The Kier molecular flexibility index (Phi) is 8.86. The minimum Gasteiger partial charge on any atom is -0.370 e. The van der Waals surface area contributed by atoms with Crippen LogP contribution in [-0.4, -0.2) is 33.3 Å². The first-order valence-electron chi connectivity index (χ1n) is 16.6. The van der Waals surface area contributed by atoms with Crippen LogP contribution in [0, 0.1) is 6.92 Å². The number of nitrogens with zero attached hydrogens (tertiary/aromatic N) is 3. The van der Waals surface area contributed by atoms with Crippen LogP contribution < -0.4 is 10.2 Å². The van der Waals surface area contributed by atoms with Crippen molar-refractivity contribution in [2.24, 2.45) is 0 Å². The van der Waals surface area contributed by atoms with Gasteiger partial charge in [0.05, 0.1) is 11.9 Å². The van der Waals surface area contributed by atoms with Crippen molar-refractivity contribution in [2.75, 3.05) is 17.3 Å². The second-order valence-corrected chi connectivity index (χ2v) is 12.5. The average molecular weight is 654 g/mol. The highest BCUT2D eigenvalue weighted by Gasteiger charge is 2.42. The molecular formula is C44H39N5O. The summed E-state index contributed by atoms with van der Waals surface area (Å²) < 4.78 is 0. The smallest absolute Gasteiger partial charge is 0.156 e. The molecule has 7 aromatic rings. The number of benzene rings is 5. The van der Waals surface area contributed by atoms with E-state index in [1.165, 1.54) is 11.6 Å². The highest BCUT2D eigenvalue weighted by molar-refractivity contribution is 5.90. The summed E-state index contributed by atoms with van der Waals surface area (Å²) in [7, 11) is 2.09. The van der Waals surface area contributed by atoms with E-state index >= 15 is 0 Å². The second kappa shape index (κ2) is 13.7. The number of nitrogens with one attached hydrogen (secondary N) is 2. The van der Waals surface area contributed by atoms with Gasteiger partial charge in [0, 0.05) is 40.5 Å². The lowest BCUT2D eigenvalue weighted by molar-refractivity contribution is 0.253. The van der Waals surface area contributed by atoms with Crippen LogP contribution in [0.4, 0.5) is 11.5 Å². The Balaban J connectivity index is 1.47. The molecule has 0 saturated heterocycles. The number of aryl methyl sites for hydroxylation is 1. The van der Waals surface area contributed by atoms with Crippen LogP contribution in [0.5, 0.6) is 0 Å². The Bertz CT molecular complexity index is 2180. The van der Waals surface area contributed by atoms with Crippen LogP contribution >= 0.6 is 0 Å². The van der Waals surface area contributed by atoms with Gasteiger partial charge in [0.15, 0.2) is 5.82 Å². The number of aliphatic hydroxyl groups excluding tert-OH is 1. The van der Waals surface area contributed by atoms with Gasteiger partial charge in [-0.1, -0.05) is 128 Å². The molecule has 50 heavy (non-hydrogen) atoms. The number of aliphatic hydroxyl groups is 1. The first-order chi connectivity index (χ1) is 24.4. The summed E-state index contributed by atoms with van der Waals surface area (Å²) in [5, 5.41) is 14.3. The lowest BCUT2D eigenvalue weighted by Crippen LogP contribution is -2.47. The molecule has 7 rings (SSSR count). The molecule has 2 aromatic heterocycles. The number of hydrogen-bond donors (Lipinski definition) is 3. The van der Waals surface area contributed by atoms with Gasteiger partial charge >= 0.3 is 0 Å². The summed E-state index contributed by atoms with van der Waals surface area (Å²) in [5.74, 6) is 0.668. The van der Waals surface area contributed by atoms with Crippen molar-refractivity contribution in [3.63, 3.8) is 0 Å². The van der Waals surface area contributed by atoms with Crippen LogP contribution in [0.2, 0.25) is 0 Å². The molecular weight excluding hydrogens is 615 g/mol. The Labute approximate surface area is 293 Å². The Morgan fingerprint density at radius 2 is 1.44 bits per heavy atom. The largest absolute Gasteiger partial charge is 0.370 e. The fourth-order valence-corrected chi connectivity index (χ4v) is 6.78. The zero-order valence-corrected chi connectivity index (χ0v) is 28.2. The van der Waals surface area contributed by atoms with E-state index in [9.17, 15) is 5.11 Å². The molecule has 246 valence electrons. The number of rotatable bonds is 11. The molecule has 1 atom stereocenters. The number of fused-ring (bicyclic) bond motifs is 1. The summed E-state index contributed by atoms with van der Waals surface area (Å²) in [6.07, 6.45) is 2.38. The minimum absolute atomic E-state index is 0.643. The van der Waals surface area contributed by atoms with E-state index in [0.29, 0.717) is 17.2 Å². The molecule has 0 bridgehead atoms. The summed E-state index contributed by atoms with van der Waals surface area (Å²) in [6.45, 7) is 10.4. The highest BCUT2D eigenvalue weighted by atomic mass is 16.3. The lowest BCUT2D eigenvalue weighted by Gasteiger charge is -2.44. The summed E-state index contributed by atoms with van der Waals surface area (Å²) in [4.78, 5) is 16.4. The fourth-order valence-electron chi connectivity index (χ4n) is 6.78. The van der Waals surface area contributed by atoms with Crippen LogP contribution in [-0.2, 0) is 5.54 Å². The molecule has 6 nitrogen and oxygen atoms in total. The van der Waals surface area contributed by atoms with Gasteiger partial charge in [-0.2, -0.15) is 0 Å². The molecule has 0 aliphatic rings. The molecule has 0 amide bonds. The monoisotopic (exact) mass is 653 g/mol. The standard InChI is InChI=1S/C44H39N5O/c1-5-41(50)46-37-23-15-16-32(27-37)40-29-45-43(42(48-40)31(3)38-28-33-25-24-30(2)26-39(33)47-38)49(4)44(34-17-9-6-10-18-34,35-19-11-7-12-20-35)36-21-13-8-14-22-36/h5-29,41,46-47,50H,1,3H2,2,4H3. The lowest BCUT2D eigenvalue weighted by atomic mass is 9.75. The first-order valence-corrected chi connectivity index (χ1v) is 16.6. The van der Waals surface area contributed by atoms with E-state index in [2.05, 4.69) is 139 Å². The fraction of sp³-hybridized carbons (Fsp3) is 0.0909. The van der Waals surface area contributed by atoms with Gasteiger partial charge in [-0.15, -0.1) is 0 Å². The molecule has 0 radical (unpaired) electrons. The van der Waals surface area contributed by atoms with Crippen molar-refractivity contribution >= 4 is 28.0 Å². The van der Waals surface area contributed by atoms with Crippen molar-refractivity contribution in [1.29, 1.82) is 0 Å². The molecule has 0 saturated carbocycles. The zero-order chi connectivity index (χ0) is 34.7. The van der Waals surface area contributed by atoms with Crippen molar-refractivity contribution in [3.05, 3.63) is 199 Å². The third-order valence-electron chi connectivity index (χ3n) is 9.23. The van der Waals surface area contributed by atoms with E-state index in [4.69, 9.17) is 9.97 Å². The summed E-state index contributed by atoms with van der Waals surface area (Å²) in [5.41, 5.74) is 9.16. The molecule has 0 fully saturated rings. The maximum atomic E-state index is 10.2. The molecule has 0 spiro atoms. The number of aromatic amines is 1. The van der Waals surface area contributed by atoms with Gasteiger partial charge in [0.2, 0.25) is 0 Å². The number of H-pyrrole nitrogens is 1. The van der Waals surface area contributed by atoms with Gasteiger partial charge in [-0.3, -0.25) is 0 Å². The SMILES string of the molecule is C=CC(O)Nc1cccc(-c2cnc(N(C)C(c3ccccc3)(c3ccccc3)c3ccccc3)c(C(=C)c3cc4ccc(C)cc4[nH]3)n2)c1. The van der Waals surface area contributed by atoms with Gasteiger partial charge in [0.25, 0.3) is 0 Å². The van der Waals surface area contributed by atoms with E-state index < -0.39 is 11.8 Å². The van der Waals surface area contributed by atoms with Crippen molar-refractivity contribution < 1.29 is 5.11 Å². The van der Waals surface area contributed by atoms with Crippen molar-refractivity contribution in [3.8, 4) is 11.3 Å². The predicted octanol–water partition coefficient (Wildman–Crippen LogP) is 9.34. The van der Waals surface area contributed by atoms with Gasteiger partial charge in [-0.05, 0) is 59.5 Å². The molecule has 3 N–H and O–H groups in total. The number of hydrogen-bond acceptors (Lipinski definition) is 5. The van der Waals surface area contributed by atoms with E-state index in [-0.39, 0.29) is 0 Å². The second-order valence-electron chi connectivity index (χ2n) is 12.5. The molecule has 1 unspecified atom stereocenters. The van der Waals surface area contributed by atoms with Crippen LogP contribution in [0.1, 0.15) is 33.6 Å². The summed E-state index contributed by atoms with van der Waals surface area (Å²) >= 11 is 0. The quantitative estimate of drug-likeness (QED) is 0.0737. The van der Waals surface area contributed by atoms with E-state index in [1.54, 1.807) is 0 Å². The Morgan fingerprint density at radius 3 is 2.04 bits per heavy atom. The molecule has 5 aromatic carbocycles. The minimum atomic E-state index is -0.879. The van der Waals surface area contributed by atoms with E-state index in [0.717, 1.165) is 50.1 Å². The number of anilines is 2. The predicted molar refractivity (Wildman–Crippen MR) is 206 cm³/mol.